The van der Waals surface area contributed by atoms with E-state index in [1.807, 2.05) is 0 Å². The molecule has 12 heavy (non-hydrogen) atoms. The van der Waals surface area contributed by atoms with Crippen LogP contribution in [0.3, 0.4) is 0 Å². The molecule has 3 atom stereocenters. The summed E-state index contributed by atoms with van der Waals surface area (Å²) in [5, 5.41) is 0. The molecular formula is C9H18I2N-. The minimum absolute atomic E-state index is 0.479. The van der Waals surface area contributed by atoms with Gasteiger partial charge in [-0.1, -0.05) is 0 Å². The Bertz CT molecular complexity index is 151. The van der Waals surface area contributed by atoms with Gasteiger partial charge in [-0.2, -0.15) is 0 Å². The average molecular weight is 394 g/mol. The summed E-state index contributed by atoms with van der Waals surface area (Å²) in [6.07, 6.45) is 2.83. The first-order valence-corrected chi connectivity index (χ1v) is 8.11. The first kappa shape index (κ1) is 11.5. The standard InChI is InChI=1S/C9H18I2N/c1-7-6-9(3,4-5-12-10)8(2)11-7/h7-8,12H,4-6H2,1-3H3/q-1. The summed E-state index contributed by atoms with van der Waals surface area (Å²) in [6.45, 7) is 8.56. The fourth-order valence-electron chi connectivity index (χ4n) is 1.96. The number of halogens is 2. The molecule has 74 valence electrons. The summed E-state index contributed by atoms with van der Waals surface area (Å²) in [7, 11) is 0. The Morgan fingerprint density at radius 1 is 1.58 bits per heavy atom. The molecule has 0 aromatic carbocycles. The topological polar surface area (TPSA) is 12.0 Å². The predicted octanol–water partition coefficient (Wildman–Crippen LogP) is -0.408. The molecular weight excluding hydrogens is 376 g/mol. The van der Waals surface area contributed by atoms with Crippen molar-refractivity contribution in [2.45, 2.75) is 41.5 Å². The van der Waals surface area contributed by atoms with E-state index in [1.54, 1.807) is 0 Å². The number of hydrogen-bond acceptors (Lipinski definition) is 1. The van der Waals surface area contributed by atoms with Gasteiger partial charge in [0.1, 0.15) is 0 Å². The molecule has 1 fully saturated rings. The molecule has 1 aliphatic rings. The summed E-state index contributed by atoms with van der Waals surface area (Å²) in [5.41, 5.74) is 0.658. The third kappa shape index (κ3) is 2.70. The van der Waals surface area contributed by atoms with Gasteiger partial charge in [-0.15, -0.1) is 0 Å². The van der Waals surface area contributed by atoms with Crippen LogP contribution in [0.25, 0.3) is 0 Å². The van der Waals surface area contributed by atoms with Crippen LogP contribution in [-0.4, -0.2) is 14.4 Å². The molecule has 0 aromatic rings. The SMILES string of the molecule is CC1CC(C)(CCNI)C(C)[I-]1. The first-order chi connectivity index (χ1) is 5.58. The monoisotopic (exact) mass is 394 g/mol. The van der Waals surface area contributed by atoms with Gasteiger partial charge in [-0.25, -0.2) is 0 Å². The zero-order valence-corrected chi connectivity index (χ0v) is 12.3. The normalized spacial score (nSPS) is 42.7. The molecule has 1 saturated heterocycles. The van der Waals surface area contributed by atoms with Gasteiger partial charge in [-0.3, -0.25) is 0 Å². The van der Waals surface area contributed by atoms with Gasteiger partial charge >= 0.3 is 101 Å². The summed E-state index contributed by atoms with van der Waals surface area (Å²) in [4.78, 5) is 0. The molecule has 1 nitrogen and oxygen atoms in total. The fraction of sp³-hybridized carbons (Fsp3) is 1.00. The van der Waals surface area contributed by atoms with E-state index in [0.717, 1.165) is 7.85 Å². The Kier molecular flexibility index (Phi) is 4.57. The third-order valence-corrected chi connectivity index (χ3v) is 7.69. The Hall–Kier alpha value is 1.42. The van der Waals surface area contributed by atoms with E-state index in [4.69, 9.17) is 0 Å². The van der Waals surface area contributed by atoms with Crippen LogP contribution in [0.2, 0.25) is 0 Å². The Morgan fingerprint density at radius 2 is 2.25 bits per heavy atom. The van der Waals surface area contributed by atoms with Crippen molar-refractivity contribution in [1.82, 2.24) is 3.53 Å². The van der Waals surface area contributed by atoms with E-state index in [2.05, 4.69) is 47.2 Å². The van der Waals surface area contributed by atoms with E-state index in [1.165, 1.54) is 19.4 Å². The molecule has 1 heterocycles. The van der Waals surface area contributed by atoms with Gasteiger partial charge in [-0.05, 0) is 0 Å². The zero-order chi connectivity index (χ0) is 9.19. The van der Waals surface area contributed by atoms with E-state index in [9.17, 15) is 0 Å². The number of alkyl halides is 2. The third-order valence-electron chi connectivity index (χ3n) is 2.90. The Morgan fingerprint density at radius 3 is 2.67 bits per heavy atom. The number of rotatable bonds is 3. The molecule has 3 unspecified atom stereocenters. The van der Waals surface area contributed by atoms with Crippen LogP contribution >= 0.6 is 22.9 Å². The molecule has 0 aliphatic carbocycles. The number of hydrogen-bond donors (Lipinski definition) is 1. The van der Waals surface area contributed by atoms with Crippen LogP contribution in [0.5, 0.6) is 0 Å². The van der Waals surface area contributed by atoms with Crippen molar-refractivity contribution in [2.75, 3.05) is 6.54 Å². The van der Waals surface area contributed by atoms with Crippen LogP contribution in [-0.2, 0) is 0 Å². The second kappa shape index (κ2) is 4.77. The van der Waals surface area contributed by atoms with Crippen molar-refractivity contribution in [3.63, 3.8) is 0 Å². The second-order valence-electron chi connectivity index (χ2n) is 4.01. The van der Waals surface area contributed by atoms with Crippen LogP contribution < -0.4 is 24.7 Å². The quantitative estimate of drug-likeness (QED) is 0.390. The van der Waals surface area contributed by atoms with E-state index in [0.29, 0.717) is 26.6 Å². The van der Waals surface area contributed by atoms with Gasteiger partial charge in [0.25, 0.3) is 0 Å². The summed E-state index contributed by atoms with van der Waals surface area (Å²) in [6, 6.07) is 0. The van der Waals surface area contributed by atoms with Crippen molar-refractivity contribution < 1.29 is 21.2 Å². The molecule has 0 saturated carbocycles. The molecule has 0 bridgehead atoms. The van der Waals surface area contributed by atoms with E-state index in [-0.39, 0.29) is 0 Å². The molecule has 1 N–H and O–H groups in total. The van der Waals surface area contributed by atoms with Crippen molar-refractivity contribution in [3.8, 4) is 0 Å². The fourth-order valence-corrected chi connectivity index (χ4v) is 6.76. The maximum absolute atomic E-state index is 3.24. The van der Waals surface area contributed by atoms with Gasteiger partial charge in [0.15, 0.2) is 0 Å². The van der Waals surface area contributed by atoms with E-state index < -0.39 is 0 Å². The van der Waals surface area contributed by atoms with Crippen LogP contribution in [0, 0.1) is 5.41 Å². The van der Waals surface area contributed by atoms with E-state index >= 15 is 0 Å². The van der Waals surface area contributed by atoms with Gasteiger partial charge in [0.05, 0.1) is 0 Å². The van der Waals surface area contributed by atoms with Crippen LogP contribution in [0.15, 0.2) is 0 Å². The maximum atomic E-state index is 3.24. The van der Waals surface area contributed by atoms with Gasteiger partial charge in [0.2, 0.25) is 0 Å². The first-order valence-electron chi connectivity index (χ1n) is 4.54. The average Bonchev–Trinajstić information content (AvgIpc) is 2.23. The molecule has 0 amide bonds. The van der Waals surface area contributed by atoms with Crippen molar-refractivity contribution in [2.24, 2.45) is 5.41 Å². The number of nitrogens with one attached hydrogen (secondary N) is 1. The summed E-state index contributed by atoms with van der Waals surface area (Å²) >= 11 is 2.73. The predicted molar refractivity (Wildman–Crippen MR) is 58.3 cm³/mol. The van der Waals surface area contributed by atoms with Gasteiger partial charge < -0.3 is 0 Å². The zero-order valence-electron chi connectivity index (χ0n) is 8.03. The van der Waals surface area contributed by atoms with Crippen molar-refractivity contribution in [1.29, 1.82) is 0 Å². The molecule has 0 aromatic heterocycles. The molecule has 1 aliphatic heterocycles. The van der Waals surface area contributed by atoms with Crippen molar-refractivity contribution >= 4 is 22.9 Å². The second-order valence-corrected chi connectivity index (χ2v) is 9.49. The minimum atomic E-state index is 0.479. The molecule has 0 spiro atoms. The van der Waals surface area contributed by atoms with Crippen LogP contribution in [0.4, 0.5) is 0 Å². The van der Waals surface area contributed by atoms with Crippen LogP contribution in [0.1, 0.15) is 33.6 Å². The Labute approximate surface area is 100 Å². The molecule has 3 heteroatoms. The van der Waals surface area contributed by atoms with Gasteiger partial charge in [0, 0.05) is 0 Å². The van der Waals surface area contributed by atoms with Crippen molar-refractivity contribution in [3.05, 3.63) is 0 Å². The Balaban J connectivity index is 2.46. The summed E-state index contributed by atoms with van der Waals surface area (Å²) < 4.78 is 5.32. The molecule has 1 rings (SSSR count). The molecule has 0 radical (unpaired) electrons. The summed E-state index contributed by atoms with van der Waals surface area (Å²) in [5.74, 6) is 0.